The number of carbonyl (C=O) groups excluding carboxylic acids is 1. The summed E-state index contributed by atoms with van der Waals surface area (Å²) in [6.45, 7) is 2.48. The average molecular weight is 172 g/mol. The lowest BCUT2D eigenvalue weighted by Gasteiger charge is -2.23. The summed E-state index contributed by atoms with van der Waals surface area (Å²) in [5.41, 5.74) is 5.17. The summed E-state index contributed by atoms with van der Waals surface area (Å²) in [6.07, 6.45) is 2.26. The van der Waals surface area contributed by atoms with Gasteiger partial charge >= 0.3 is 6.03 Å². The van der Waals surface area contributed by atoms with Gasteiger partial charge in [-0.05, 0) is 26.2 Å². The highest BCUT2D eigenvalue weighted by molar-refractivity contribution is 5.72. The zero-order valence-corrected chi connectivity index (χ0v) is 7.36. The SMILES string of the molecule is CC(O)CC1CCCN1C(N)=O. The third kappa shape index (κ3) is 2.11. The minimum Gasteiger partial charge on any atom is -0.393 e. The van der Waals surface area contributed by atoms with Crippen LogP contribution in [0.4, 0.5) is 4.79 Å². The van der Waals surface area contributed by atoms with Gasteiger partial charge in [0.15, 0.2) is 0 Å². The maximum atomic E-state index is 10.9. The third-order valence-electron chi connectivity index (χ3n) is 2.27. The van der Waals surface area contributed by atoms with Gasteiger partial charge in [-0.2, -0.15) is 0 Å². The van der Waals surface area contributed by atoms with Crippen molar-refractivity contribution in [3.63, 3.8) is 0 Å². The van der Waals surface area contributed by atoms with Crippen molar-refractivity contribution in [3.8, 4) is 0 Å². The molecule has 1 aliphatic heterocycles. The first-order chi connectivity index (χ1) is 5.61. The van der Waals surface area contributed by atoms with Crippen LogP contribution in [0.1, 0.15) is 26.2 Å². The van der Waals surface area contributed by atoms with Gasteiger partial charge in [0, 0.05) is 12.6 Å². The molecule has 2 unspecified atom stereocenters. The van der Waals surface area contributed by atoms with E-state index in [4.69, 9.17) is 10.8 Å². The number of carbonyl (C=O) groups is 1. The Hall–Kier alpha value is -0.770. The molecule has 70 valence electrons. The van der Waals surface area contributed by atoms with Crippen LogP contribution in [0.15, 0.2) is 0 Å². The van der Waals surface area contributed by atoms with Gasteiger partial charge in [-0.25, -0.2) is 4.79 Å². The third-order valence-corrected chi connectivity index (χ3v) is 2.27. The molecule has 0 saturated carbocycles. The van der Waals surface area contributed by atoms with Crippen LogP contribution in [0.5, 0.6) is 0 Å². The average Bonchev–Trinajstić information content (AvgIpc) is 2.33. The van der Waals surface area contributed by atoms with Crippen LogP contribution < -0.4 is 5.73 Å². The fourth-order valence-electron chi connectivity index (χ4n) is 1.76. The molecule has 2 atom stereocenters. The van der Waals surface area contributed by atoms with Crippen molar-refractivity contribution >= 4 is 6.03 Å². The number of likely N-dealkylation sites (tertiary alicyclic amines) is 1. The second-order valence-corrected chi connectivity index (χ2v) is 3.41. The molecule has 0 aliphatic carbocycles. The highest BCUT2D eigenvalue weighted by atomic mass is 16.3. The number of rotatable bonds is 2. The summed E-state index contributed by atoms with van der Waals surface area (Å²) in [6, 6.07) is -0.208. The Kier molecular flexibility index (Phi) is 2.92. The Bertz CT molecular complexity index is 170. The van der Waals surface area contributed by atoms with Crippen molar-refractivity contribution in [3.05, 3.63) is 0 Å². The Balaban J connectivity index is 2.46. The molecule has 1 saturated heterocycles. The molecule has 1 fully saturated rings. The lowest BCUT2D eigenvalue weighted by atomic mass is 10.1. The maximum Gasteiger partial charge on any atom is 0.315 e. The quantitative estimate of drug-likeness (QED) is 0.629. The number of urea groups is 1. The van der Waals surface area contributed by atoms with E-state index in [0.29, 0.717) is 6.42 Å². The summed E-state index contributed by atoms with van der Waals surface area (Å²) in [7, 11) is 0. The molecule has 0 spiro atoms. The van der Waals surface area contributed by atoms with E-state index in [2.05, 4.69) is 0 Å². The molecule has 1 aliphatic rings. The first-order valence-electron chi connectivity index (χ1n) is 4.35. The van der Waals surface area contributed by atoms with Crippen LogP contribution >= 0.6 is 0 Å². The standard InChI is InChI=1S/C8H16N2O2/c1-6(11)5-7-3-2-4-10(7)8(9)12/h6-7,11H,2-5H2,1H3,(H2,9,12). The van der Waals surface area contributed by atoms with Gasteiger partial charge in [0.2, 0.25) is 0 Å². The molecule has 0 aromatic heterocycles. The molecule has 1 heterocycles. The molecule has 2 amide bonds. The van der Waals surface area contributed by atoms with Crippen LogP contribution in [0, 0.1) is 0 Å². The second kappa shape index (κ2) is 3.76. The molecule has 4 nitrogen and oxygen atoms in total. The van der Waals surface area contributed by atoms with E-state index in [0.717, 1.165) is 19.4 Å². The van der Waals surface area contributed by atoms with Crippen LogP contribution in [0.25, 0.3) is 0 Å². The lowest BCUT2D eigenvalue weighted by molar-refractivity contribution is 0.141. The van der Waals surface area contributed by atoms with Crippen LogP contribution in [0.3, 0.4) is 0 Å². The van der Waals surface area contributed by atoms with Gasteiger partial charge in [-0.3, -0.25) is 0 Å². The summed E-state index contributed by atoms with van der Waals surface area (Å²) in [5.74, 6) is 0. The van der Waals surface area contributed by atoms with E-state index in [1.165, 1.54) is 0 Å². The highest BCUT2D eigenvalue weighted by Gasteiger charge is 2.27. The zero-order chi connectivity index (χ0) is 9.14. The Labute approximate surface area is 72.3 Å². The minimum atomic E-state index is -0.363. The monoisotopic (exact) mass is 172 g/mol. The van der Waals surface area contributed by atoms with Gasteiger partial charge in [0.1, 0.15) is 0 Å². The topological polar surface area (TPSA) is 66.6 Å². The molecule has 0 aromatic carbocycles. The summed E-state index contributed by atoms with van der Waals surface area (Å²) >= 11 is 0. The number of nitrogens with two attached hydrogens (primary N) is 1. The molecule has 0 bridgehead atoms. The van der Waals surface area contributed by atoms with Crippen LogP contribution in [0.2, 0.25) is 0 Å². The lowest BCUT2D eigenvalue weighted by Crippen LogP contribution is -2.40. The Morgan fingerprint density at radius 2 is 2.50 bits per heavy atom. The van der Waals surface area contributed by atoms with E-state index in [1.54, 1.807) is 11.8 Å². The van der Waals surface area contributed by atoms with E-state index in [-0.39, 0.29) is 18.2 Å². The highest BCUT2D eigenvalue weighted by Crippen LogP contribution is 2.20. The number of hydrogen-bond donors (Lipinski definition) is 2. The molecular weight excluding hydrogens is 156 g/mol. The number of aliphatic hydroxyl groups excluding tert-OH is 1. The van der Waals surface area contributed by atoms with Gasteiger partial charge in [0.25, 0.3) is 0 Å². The number of aliphatic hydroxyl groups is 1. The summed E-state index contributed by atoms with van der Waals surface area (Å²) < 4.78 is 0. The smallest absolute Gasteiger partial charge is 0.315 e. The van der Waals surface area contributed by atoms with Gasteiger partial charge in [0.05, 0.1) is 6.10 Å². The minimum absolute atomic E-state index is 0.155. The molecule has 3 N–H and O–H groups in total. The van der Waals surface area contributed by atoms with Crippen molar-refractivity contribution < 1.29 is 9.90 Å². The predicted octanol–water partition coefficient (Wildman–Crippen LogP) is 0.300. The molecule has 4 heteroatoms. The van der Waals surface area contributed by atoms with Gasteiger partial charge in [-0.15, -0.1) is 0 Å². The number of nitrogens with zero attached hydrogens (tertiary/aromatic N) is 1. The van der Waals surface area contributed by atoms with Crippen molar-refractivity contribution in [1.82, 2.24) is 4.90 Å². The van der Waals surface area contributed by atoms with Crippen molar-refractivity contribution in [1.29, 1.82) is 0 Å². The number of hydrogen-bond acceptors (Lipinski definition) is 2. The fraction of sp³-hybridized carbons (Fsp3) is 0.875. The number of amides is 2. The van der Waals surface area contributed by atoms with Crippen LogP contribution in [-0.4, -0.2) is 34.7 Å². The number of primary amides is 1. The van der Waals surface area contributed by atoms with Crippen molar-refractivity contribution in [2.75, 3.05) is 6.54 Å². The Morgan fingerprint density at radius 1 is 1.83 bits per heavy atom. The first-order valence-corrected chi connectivity index (χ1v) is 4.35. The normalized spacial score (nSPS) is 25.8. The first kappa shape index (κ1) is 9.32. The maximum absolute atomic E-state index is 10.9. The second-order valence-electron chi connectivity index (χ2n) is 3.41. The fourth-order valence-corrected chi connectivity index (χ4v) is 1.76. The predicted molar refractivity (Wildman–Crippen MR) is 45.6 cm³/mol. The van der Waals surface area contributed by atoms with Gasteiger partial charge in [-0.1, -0.05) is 0 Å². The zero-order valence-electron chi connectivity index (χ0n) is 7.36. The molecule has 12 heavy (non-hydrogen) atoms. The van der Waals surface area contributed by atoms with Crippen molar-refractivity contribution in [2.24, 2.45) is 5.73 Å². The van der Waals surface area contributed by atoms with E-state index < -0.39 is 0 Å². The molecular formula is C8H16N2O2. The van der Waals surface area contributed by atoms with E-state index in [1.807, 2.05) is 0 Å². The van der Waals surface area contributed by atoms with E-state index >= 15 is 0 Å². The van der Waals surface area contributed by atoms with Crippen LogP contribution in [-0.2, 0) is 0 Å². The molecule has 1 rings (SSSR count). The summed E-state index contributed by atoms with van der Waals surface area (Å²) in [5, 5.41) is 9.13. The van der Waals surface area contributed by atoms with E-state index in [9.17, 15) is 4.79 Å². The Morgan fingerprint density at radius 3 is 3.00 bits per heavy atom. The molecule has 0 radical (unpaired) electrons. The molecule has 0 aromatic rings. The summed E-state index contributed by atoms with van der Waals surface area (Å²) in [4.78, 5) is 12.5. The largest absolute Gasteiger partial charge is 0.393 e. The van der Waals surface area contributed by atoms with Crippen molar-refractivity contribution in [2.45, 2.75) is 38.3 Å². The van der Waals surface area contributed by atoms with Gasteiger partial charge < -0.3 is 15.7 Å².